The summed E-state index contributed by atoms with van der Waals surface area (Å²) in [6.45, 7) is 15.3. The maximum atomic E-state index is 13.8. The lowest BCUT2D eigenvalue weighted by atomic mass is 9.91. The first-order valence-electron chi connectivity index (χ1n) is 21.5. The van der Waals surface area contributed by atoms with E-state index in [1.807, 2.05) is 7.05 Å². The van der Waals surface area contributed by atoms with Crippen LogP contribution in [0.15, 0.2) is 24.5 Å². The first-order valence-corrected chi connectivity index (χ1v) is 23.2. The molecule has 0 fully saturated rings. The lowest BCUT2D eigenvalue weighted by Crippen LogP contribution is -3.00. The molecule has 1 aromatic rings. The van der Waals surface area contributed by atoms with E-state index in [1.54, 1.807) is 0 Å². The van der Waals surface area contributed by atoms with Crippen LogP contribution in [0.2, 0.25) is 0 Å². The third-order valence-electron chi connectivity index (χ3n) is 10.6. The zero-order chi connectivity index (χ0) is 36.0. The Balaban J connectivity index is 0.0000240. The van der Waals surface area contributed by atoms with Gasteiger partial charge in [-0.2, -0.15) is 0 Å². The standard InChI is InChI=1S/C44H85NO3P.ClH/c1-8-9-10-11-12-13-14-15-16-17-18-20-37-47-49(46,39-21-19-31-44-32-35-45(7)36-33-44)48-38-34-43(6)30-24-29-42(5)28-23-27-41(4)26-22-25-40(2)3;/h32-33,35-36,40-43H,8-31,34,37-39H2,1-7H3;1H/q+1;/p-1. The van der Waals surface area contributed by atoms with Gasteiger partial charge in [-0.25, -0.2) is 4.57 Å². The summed E-state index contributed by atoms with van der Waals surface area (Å²) in [6, 6.07) is 4.36. The van der Waals surface area contributed by atoms with Crippen LogP contribution in [0.25, 0.3) is 0 Å². The van der Waals surface area contributed by atoms with Gasteiger partial charge in [-0.05, 0) is 61.3 Å². The van der Waals surface area contributed by atoms with Gasteiger partial charge in [0.2, 0.25) is 0 Å². The third-order valence-corrected chi connectivity index (χ3v) is 12.7. The van der Waals surface area contributed by atoms with E-state index in [2.05, 4.69) is 70.6 Å². The highest BCUT2D eigenvalue weighted by Gasteiger charge is 2.24. The Labute approximate surface area is 319 Å². The Bertz CT molecular complexity index is 911. The van der Waals surface area contributed by atoms with E-state index in [-0.39, 0.29) is 12.4 Å². The van der Waals surface area contributed by atoms with E-state index < -0.39 is 7.60 Å². The smallest absolute Gasteiger partial charge is 0.330 e. The molecular weight excluding hydrogens is 657 g/mol. The van der Waals surface area contributed by atoms with Crippen molar-refractivity contribution in [2.45, 2.75) is 202 Å². The van der Waals surface area contributed by atoms with Gasteiger partial charge in [-0.3, -0.25) is 4.57 Å². The zero-order valence-electron chi connectivity index (χ0n) is 34.4. The summed E-state index contributed by atoms with van der Waals surface area (Å²) in [5.74, 6) is 3.13. The number of aryl methyl sites for hydroxylation is 2. The van der Waals surface area contributed by atoms with Crippen LogP contribution < -0.4 is 17.0 Å². The van der Waals surface area contributed by atoms with Gasteiger partial charge < -0.3 is 21.5 Å². The molecule has 4 unspecified atom stereocenters. The molecule has 0 bridgehead atoms. The second kappa shape index (κ2) is 33.2. The van der Waals surface area contributed by atoms with Crippen molar-refractivity contribution in [3.8, 4) is 0 Å². The molecule has 1 heterocycles. The highest BCUT2D eigenvalue weighted by Crippen LogP contribution is 2.49. The van der Waals surface area contributed by atoms with Gasteiger partial charge in [0.05, 0.1) is 19.4 Å². The Morgan fingerprint density at radius 1 is 0.560 bits per heavy atom. The van der Waals surface area contributed by atoms with Crippen LogP contribution in [-0.2, 0) is 27.1 Å². The Morgan fingerprint density at radius 2 is 1.00 bits per heavy atom. The molecule has 1 aromatic heterocycles. The lowest BCUT2D eigenvalue weighted by Gasteiger charge is -2.20. The fraction of sp³-hybridized carbons (Fsp3) is 0.886. The molecule has 0 aliphatic carbocycles. The second-order valence-electron chi connectivity index (χ2n) is 16.5. The molecule has 0 radical (unpaired) electrons. The summed E-state index contributed by atoms with van der Waals surface area (Å²) < 4.78 is 28.2. The van der Waals surface area contributed by atoms with Crippen LogP contribution in [0.4, 0.5) is 0 Å². The van der Waals surface area contributed by atoms with Crippen molar-refractivity contribution in [3.63, 3.8) is 0 Å². The van der Waals surface area contributed by atoms with Gasteiger partial charge in [-0.1, -0.05) is 170 Å². The predicted molar refractivity (Wildman–Crippen MR) is 215 cm³/mol. The number of unbranched alkanes of at least 4 members (excludes halogenated alkanes) is 12. The van der Waals surface area contributed by atoms with E-state index >= 15 is 0 Å². The first kappa shape index (κ1) is 49.6. The van der Waals surface area contributed by atoms with Crippen LogP contribution in [0.5, 0.6) is 0 Å². The predicted octanol–water partition coefficient (Wildman–Crippen LogP) is 11.2. The number of rotatable bonds is 35. The molecule has 0 N–H and O–H groups in total. The molecule has 0 saturated carbocycles. The van der Waals surface area contributed by atoms with Crippen molar-refractivity contribution in [3.05, 3.63) is 30.1 Å². The van der Waals surface area contributed by atoms with Gasteiger partial charge in [-0.15, -0.1) is 0 Å². The van der Waals surface area contributed by atoms with Gasteiger partial charge >= 0.3 is 7.60 Å². The molecule has 0 amide bonds. The topological polar surface area (TPSA) is 39.4 Å². The largest absolute Gasteiger partial charge is 1.00 e. The highest BCUT2D eigenvalue weighted by molar-refractivity contribution is 7.53. The second-order valence-corrected chi connectivity index (χ2v) is 18.7. The number of pyridine rings is 1. The fourth-order valence-corrected chi connectivity index (χ4v) is 8.71. The SMILES string of the molecule is CCCCCCCCCCCCCCOP(=O)(CCCCc1cc[n+](C)cc1)OCCC(C)CCCC(C)CCCC(C)CCCC(C)C.[Cl-]. The molecule has 1 rings (SSSR count). The summed E-state index contributed by atoms with van der Waals surface area (Å²) >= 11 is 0. The molecule has 0 aliphatic heterocycles. The molecule has 4 nitrogen and oxygen atoms in total. The van der Waals surface area contributed by atoms with Crippen LogP contribution in [0, 0.1) is 23.7 Å². The summed E-state index contributed by atoms with van der Waals surface area (Å²) in [6.07, 6.45) is 36.5. The number of nitrogens with zero attached hydrogens (tertiary/aromatic N) is 1. The quantitative estimate of drug-likeness (QED) is 0.0395. The molecule has 0 spiro atoms. The van der Waals surface area contributed by atoms with Crippen molar-refractivity contribution in [2.24, 2.45) is 30.7 Å². The Kier molecular flexibility index (Phi) is 32.9. The maximum Gasteiger partial charge on any atom is 0.330 e. The minimum atomic E-state index is -3.07. The van der Waals surface area contributed by atoms with Crippen molar-refractivity contribution in [1.82, 2.24) is 0 Å². The fourth-order valence-electron chi connectivity index (χ4n) is 6.98. The van der Waals surface area contributed by atoms with Crippen molar-refractivity contribution >= 4 is 7.60 Å². The summed E-state index contributed by atoms with van der Waals surface area (Å²) in [7, 11) is -1.02. The van der Waals surface area contributed by atoms with Gasteiger partial charge in [0.1, 0.15) is 7.05 Å². The maximum absolute atomic E-state index is 13.8. The van der Waals surface area contributed by atoms with Crippen molar-refractivity contribution < 1.29 is 30.6 Å². The van der Waals surface area contributed by atoms with E-state index in [0.29, 0.717) is 25.3 Å². The number of hydrogen-bond acceptors (Lipinski definition) is 3. The molecule has 296 valence electrons. The average Bonchev–Trinajstić information content (AvgIpc) is 3.06. The number of aromatic nitrogens is 1. The van der Waals surface area contributed by atoms with E-state index in [1.165, 1.54) is 128 Å². The zero-order valence-corrected chi connectivity index (χ0v) is 36.1. The van der Waals surface area contributed by atoms with Gasteiger partial charge in [0, 0.05) is 12.1 Å². The number of hydrogen-bond donors (Lipinski definition) is 0. The van der Waals surface area contributed by atoms with Crippen LogP contribution >= 0.6 is 7.60 Å². The first-order chi connectivity index (χ1) is 23.6. The lowest BCUT2D eigenvalue weighted by molar-refractivity contribution is -0.671. The van der Waals surface area contributed by atoms with Gasteiger partial charge in [0.25, 0.3) is 0 Å². The molecule has 6 heteroatoms. The van der Waals surface area contributed by atoms with Crippen LogP contribution in [0.3, 0.4) is 0 Å². The normalized spacial score (nSPS) is 14.7. The number of halogens is 1. The van der Waals surface area contributed by atoms with E-state index in [9.17, 15) is 4.57 Å². The summed E-state index contributed by atoms with van der Waals surface area (Å²) in [5, 5.41) is 0. The van der Waals surface area contributed by atoms with Crippen molar-refractivity contribution in [2.75, 3.05) is 19.4 Å². The summed E-state index contributed by atoms with van der Waals surface area (Å²) in [4.78, 5) is 0. The monoisotopic (exact) mass is 742 g/mol. The minimum Gasteiger partial charge on any atom is -1.00 e. The molecule has 0 aromatic carbocycles. The van der Waals surface area contributed by atoms with Crippen LogP contribution in [-0.4, -0.2) is 19.4 Å². The minimum absolute atomic E-state index is 0. The Morgan fingerprint density at radius 3 is 1.50 bits per heavy atom. The van der Waals surface area contributed by atoms with Gasteiger partial charge in [0.15, 0.2) is 12.4 Å². The van der Waals surface area contributed by atoms with Crippen LogP contribution in [0.1, 0.15) is 201 Å². The Hall–Kier alpha value is -0.410. The average molecular weight is 743 g/mol. The van der Waals surface area contributed by atoms with E-state index in [4.69, 9.17) is 9.05 Å². The third kappa shape index (κ3) is 30.1. The highest BCUT2D eigenvalue weighted by atomic mass is 35.5. The van der Waals surface area contributed by atoms with E-state index in [0.717, 1.165) is 56.3 Å². The molecular formula is C44H85ClNO3P. The molecule has 0 aliphatic rings. The molecule has 50 heavy (non-hydrogen) atoms. The molecule has 0 saturated heterocycles. The summed E-state index contributed by atoms with van der Waals surface area (Å²) in [5.41, 5.74) is 1.33. The van der Waals surface area contributed by atoms with Crippen molar-refractivity contribution in [1.29, 1.82) is 0 Å². The molecule has 4 atom stereocenters.